The van der Waals surface area contributed by atoms with Crippen LogP contribution in [0.2, 0.25) is 0 Å². The van der Waals surface area contributed by atoms with Crippen LogP contribution in [0, 0.1) is 17.3 Å². The molecule has 1 aromatic rings. The third kappa shape index (κ3) is 3.57. The number of rotatable bonds is 0. The minimum absolute atomic E-state index is 0.0750. The van der Waals surface area contributed by atoms with Gasteiger partial charge >= 0.3 is 0 Å². The fourth-order valence-corrected chi connectivity index (χ4v) is 0.680. The van der Waals surface area contributed by atoms with Crippen molar-refractivity contribution in [2.45, 2.75) is 20.8 Å². The zero-order valence-corrected chi connectivity index (χ0v) is 8.01. The van der Waals surface area contributed by atoms with Crippen molar-refractivity contribution < 1.29 is 0 Å². The predicted molar refractivity (Wildman–Crippen MR) is 51.2 cm³/mol. The molecule has 13 heavy (non-hydrogen) atoms. The van der Waals surface area contributed by atoms with Gasteiger partial charge in [0.2, 0.25) is 0 Å². The Kier molecular flexibility index (Phi) is 2.52. The Morgan fingerprint density at radius 3 is 2.69 bits per heavy atom. The molecule has 68 valence electrons. The van der Waals surface area contributed by atoms with Gasteiger partial charge in [0, 0.05) is 17.7 Å². The van der Waals surface area contributed by atoms with E-state index in [1.165, 1.54) is 12.3 Å². The molecule has 1 aromatic heterocycles. The Balaban J connectivity index is 2.97. The van der Waals surface area contributed by atoms with Crippen LogP contribution in [0.25, 0.3) is 0 Å². The molecule has 0 aromatic carbocycles. The molecule has 0 unspecified atom stereocenters. The van der Waals surface area contributed by atoms with E-state index in [2.05, 4.69) is 21.8 Å². The molecule has 1 rings (SSSR count). The lowest BCUT2D eigenvalue weighted by Crippen LogP contribution is -2.07. The maximum Gasteiger partial charge on any atom is 0.251 e. The summed E-state index contributed by atoms with van der Waals surface area (Å²) in [5, 5.41) is 0. The number of hydrogen-bond acceptors (Lipinski definition) is 2. The summed E-state index contributed by atoms with van der Waals surface area (Å²) >= 11 is 0. The molecule has 0 aliphatic carbocycles. The van der Waals surface area contributed by atoms with E-state index in [1.54, 1.807) is 0 Å². The van der Waals surface area contributed by atoms with Gasteiger partial charge in [0.15, 0.2) is 5.82 Å². The lowest BCUT2D eigenvalue weighted by Gasteiger charge is -2.06. The zero-order valence-electron chi connectivity index (χ0n) is 8.01. The summed E-state index contributed by atoms with van der Waals surface area (Å²) in [5.74, 6) is 6.21. The summed E-state index contributed by atoms with van der Waals surface area (Å²) in [7, 11) is 0. The molecule has 0 radical (unpaired) electrons. The average Bonchev–Trinajstić information content (AvgIpc) is 2.00. The van der Waals surface area contributed by atoms with Gasteiger partial charge in [-0.15, -0.1) is 0 Å². The summed E-state index contributed by atoms with van der Waals surface area (Å²) in [6.45, 7) is 6.00. The highest BCUT2D eigenvalue weighted by Gasteiger charge is 2.03. The van der Waals surface area contributed by atoms with Crippen molar-refractivity contribution in [3.05, 3.63) is 28.4 Å². The SMILES string of the molecule is CC(C)(C)C#Cc1nccc(=O)[nH]1. The number of aromatic amines is 1. The van der Waals surface area contributed by atoms with Gasteiger partial charge in [-0.1, -0.05) is 5.92 Å². The van der Waals surface area contributed by atoms with Crippen molar-refractivity contribution in [3.63, 3.8) is 0 Å². The standard InChI is InChI=1S/C10H12N2O/c1-10(2,3)6-4-8-11-7-5-9(13)12-8/h5,7H,1-3H3,(H,11,12,13). The monoisotopic (exact) mass is 176 g/mol. The number of nitrogens with one attached hydrogen (secondary N) is 1. The summed E-state index contributed by atoms with van der Waals surface area (Å²) in [6.07, 6.45) is 1.45. The van der Waals surface area contributed by atoms with Gasteiger partial charge in [0.25, 0.3) is 5.56 Å². The van der Waals surface area contributed by atoms with Crippen LogP contribution >= 0.6 is 0 Å². The third-order valence-electron chi connectivity index (χ3n) is 1.23. The highest BCUT2D eigenvalue weighted by molar-refractivity contribution is 5.22. The number of H-pyrrole nitrogens is 1. The molecule has 3 heteroatoms. The van der Waals surface area contributed by atoms with Crippen molar-refractivity contribution >= 4 is 0 Å². The summed E-state index contributed by atoms with van der Waals surface area (Å²) < 4.78 is 0. The second-order valence-electron chi connectivity index (χ2n) is 3.78. The van der Waals surface area contributed by atoms with Crippen LogP contribution in [0.15, 0.2) is 17.1 Å². The quantitative estimate of drug-likeness (QED) is 0.603. The van der Waals surface area contributed by atoms with E-state index in [0.717, 1.165) is 0 Å². The van der Waals surface area contributed by atoms with Gasteiger partial charge in [-0.2, -0.15) is 0 Å². The van der Waals surface area contributed by atoms with Gasteiger partial charge in [-0.25, -0.2) is 4.98 Å². The first kappa shape index (κ1) is 9.53. The van der Waals surface area contributed by atoms with Crippen molar-refractivity contribution in [2.75, 3.05) is 0 Å². The normalized spacial score (nSPS) is 10.4. The first-order valence-electron chi connectivity index (χ1n) is 4.06. The molecule has 0 aliphatic heterocycles. The van der Waals surface area contributed by atoms with E-state index in [-0.39, 0.29) is 11.0 Å². The second kappa shape index (κ2) is 3.44. The van der Waals surface area contributed by atoms with E-state index < -0.39 is 0 Å². The van der Waals surface area contributed by atoms with E-state index in [4.69, 9.17) is 0 Å². The highest BCUT2D eigenvalue weighted by Crippen LogP contribution is 2.09. The number of hydrogen-bond donors (Lipinski definition) is 1. The highest BCUT2D eigenvalue weighted by atomic mass is 16.1. The minimum Gasteiger partial charge on any atom is -0.300 e. The largest absolute Gasteiger partial charge is 0.300 e. The second-order valence-corrected chi connectivity index (χ2v) is 3.78. The first-order valence-corrected chi connectivity index (χ1v) is 4.06. The van der Waals surface area contributed by atoms with Crippen LogP contribution in [-0.2, 0) is 0 Å². The lowest BCUT2D eigenvalue weighted by molar-refractivity contribution is 0.570. The Labute approximate surface area is 77.2 Å². The van der Waals surface area contributed by atoms with Gasteiger partial charge < -0.3 is 0 Å². The van der Waals surface area contributed by atoms with Crippen molar-refractivity contribution in [1.82, 2.24) is 9.97 Å². The Morgan fingerprint density at radius 1 is 1.46 bits per heavy atom. The van der Waals surface area contributed by atoms with Gasteiger partial charge in [0.1, 0.15) is 0 Å². The molecule has 0 bridgehead atoms. The van der Waals surface area contributed by atoms with E-state index in [1.807, 2.05) is 20.8 Å². The molecule has 0 atom stereocenters. The minimum atomic E-state index is -0.173. The van der Waals surface area contributed by atoms with Crippen LogP contribution in [0.5, 0.6) is 0 Å². The maximum atomic E-state index is 10.9. The Bertz CT molecular complexity index is 401. The fourth-order valence-electron chi connectivity index (χ4n) is 0.680. The lowest BCUT2D eigenvalue weighted by atomic mass is 9.98. The molecule has 0 saturated heterocycles. The molecule has 0 spiro atoms. The third-order valence-corrected chi connectivity index (χ3v) is 1.23. The van der Waals surface area contributed by atoms with Crippen LogP contribution in [0.1, 0.15) is 26.6 Å². The molecular weight excluding hydrogens is 164 g/mol. The topological polar surface area (TPSA) is 45.8 Å². The zero-order chi connectivity index (χ0) is 9.90. The van der Waals surface area contributed by atoms with Gasteiger partial charge in [0.05, 0.1) is 0 Å². The summed E-state index contributed by atoms with van der Waals surface area (Å²) in [4.78, 5) is 17.3. The molecular formula is C10H12N2O. The van der Waals surface area contributed by atoms with E-state index in [9.17, 15) is 4.79 Å². The van der Waals surface area contributed by atoms with Crippen LogP contribution in [0.4, 0.5) is 0 Å². The number of nitrogens with zero attached hydrogens (tertiary/aromatic N) is 1. The predicted octanol–water partition coefficient (Wildman–Crippen LogP) is 1.17. The average molecular weight is 176 g/mol. The van der Waals surface area contributed by atoms with E-state index in [0.29, 0.717) is 5.82 Å². The van der Waals surface area contributed by atoms with Crippen molar-refractivity contribution in [1.29, 1.82) is 0 Å². The van der Waals surface area contributed by atoms with E-state index >= 15 is 0 Å². The summed E-state index contributed by atoms with van der Waals surface area (Å²) in [5.41, 5.74) is -0.248. The molecule has 0 fully saturated rings. The molecule has 0 amide bonds. The molecule has 0 saturated carbocycles. The van der Waals surface area contributed by atoms with Crippen LogP contribution < -0.4 is 5.56 Å². The van der Waals surface area contributed by atoms with Gasteiger partial charge in [-0.05, 0) is 26.7 Å². The molecule has 1 N–H and O–H groups in total. The Hall–Kier alpha value is -1.56. The maximum absolute atomic E-state index is 10.9. The van der Waals surface area contributed by atoms with Crippen molar-refractivity contribution in [3.8, 4) is 11.8 Å². The van der Waals surface area contributed by atoms with Crippen LogP contribution in [-0.4, -0.2) is 9.97 Å². The van der Waals surface area contributed by atoms with Crippen molar-refractivity contribution in [2.24, 2.45) is 5.41 Å². The van der Waals surface area contributed by atoms with Gasteiger partial charge in [-0.3, -0.25) is 9.78 Å². The smallest absolute Gasteiger partial charge is 0.251 e. The summed E-state index contributed by atoms with van der Waals surface area (Å²) in [6, 6.07) is 1.36. The molecule has 3 nitrogen and oxygen atoms in total. The number of aromatic nitrogens is 2. The van der Waals surface area contributed by atoms with Crippen LogP contribution in [0.3, 0.4) is 0 Å². The first-order chi connectivity index (χ1) is 5.97. The molecule has 1 heterocycles. The Morgan fingerprint density at radius 2 is 2.15 bits per heavy atom. The molecule has 0 aliphatic rings. The fraction of sp³-hybridized carbons (Fsp3) is 0.400.